The van der Waals surface area contributed by atoms with Crippen molar-refractivity contribution in [1.82, 2.24) is 0 Å². The van der Waals surface area contributed by atoms with Gasteiger partial charge < -0.3 is 15.4 Å². The van der Waals surface area contributed by atoms with E-state index in [1.54, 1.807) is 44.2 Å². The molecule has 0 aliphatic carbocycles. The van der Waals surface area contributed by atoms with Crippen LogP contribution in [0.3, 0.4) is 0 Å². The molecule has 5 nitrogen and oxygen atoms in total. The van der Waals surface area contributed by atoms with Crippen LogP contribution < -0.4 is 15.4 Å². The number of hydrogen-bond acceptors (Lipinski definition) is 4. The van der Waals surface area contributed by atoms with E-state index in [1.165, 1.54) is 17.4 Å². The lowest BCUT2D eigenvalue weighted by Crippen LogP contribution is -2.34. The summed E-state index contributed by atoms with van der Waals surface area (Å²) in [7, 11) is 0. The van der Waals surface area contributed by atoms with Crippen molar-refractivity contribution in [3.05, 3.63) is 52.7 Å². The first kappa shape index (κ1) is 16.5. The summed E-state index contributed by atoms with van der Waals surface area (Å²) in [6, 6.07) is 9.84. The molecule has 4 rings (SSSR count). The summed E-state index contributed by atoms with van der Waals surface area (Å²) in [4.78, 5) is 24.8. The zero-order chi connectivity index (χ0) is 18.4. The van der Waals surface area contributed by atoms with Crippen LogP contribution in [0.15, 0.2) is 36.4 Å². The molecule has 0 saturated carbocycles. The maximum atomic E-state index is 14.0. The maximum absolute atomic E-state index is 14.0. The van der Waals surface area contributed by atoms with Crippen molar-refractivity contribution in [3.63, 3.8) is 0 Å². The van der Waals surface area contributed by atoms with Crippen LogP contribution in [0.2, 0.25) is 0 Å². The number of halogens is 1. The zero-order valence-electron chi connectivity index (χ0n) is 14.1. The topological polar surface area (TPSA) is 67.4 Å². The molecule has 0 spiro atoms. The molecule has 2 N–H and O–H groups in total. The smallest absolute Gasteiger partial charge is 0.266 e. The molecular weight excluding hydrogens is 355 g/mol. The molecule has 1 atom stereocenters. The van der Waals surface area contributed by atoms with Gasteiger partial charge in [-0.05, 0) is 49.7 Å². The third-order valence-corrected chi connectivity index (χ3v) is 5.53. The summed E-state index contributed by atoms with van der Waals surface area (Å²) in [5, 5.41) is 6.01. The molecule has 1 aliphatic rings. The molecular formula is C19H15FN2O3S. The van der Waals surface area contributed by atoms with E-state index in [0.717, 1.165) is 4.70 Å². The second kappa shape index (κ2) is 6.10. The number of ether oxygens (including phenoxy) is 1. The van der Waals surface area contributed by atoms with E-state index in [-0.39, 0.29) is 17.6 Å². The lowest BCUT2D eigenvalue weighted by Gasteiger charge is -2.23. The van der Waals surface area contributed by atoms with E-state index >= 15 is 0 Å². The van der Waals surface area contributed by atoms with Crippen LogP contribution >= 0.6 is 11.3 Å². The van der Waals surface area contributed by atoms with Gasteiger partial charge in [-0.25, -0.2) is 4.39 Å². The van der Waals surface area contributed by atoms with Crippen LogP contribution in [0.25, 0.3) is 10.1 Å². The number of hydrogen-bond donors (Lipinski definition) is 2. The first-order valence-electron chi connectivity index (χ1n) is 8.04. The van der Waals surface area contributed by atoms with Crippen LogP contribution in [0.1, 0.15) is 22.2 Å². The summed E-state index contributed by atoms with van der Waals surface area (Å²) in [6.07, 6.45) is -0.556. The molecule has 2 heterocycles. The van der Waals surface area contributed by atoms with E-state index in [1.807, 2.05) is 0 Å². The average molecular weight is 370 g/mol. The van der Waals surface area contributed by atoms with Gasteiger partial charge in [-0.1, -0.05) is 6.07 Å². The Kier molecular flexibility index (Phi) is 3.88. The van der Waals surface area contributed by atoms with Gasteiger partial charge in [0.25, 0.3) is 11.8 Å². The molecule has 0 saturated heterocycles. The fraction of sp³-hybridized carbons (Fsp3) is 0.158. The van der Waals surface area contributed by atoms with Crippen molar-refractivity contribution < 1.29 is 18.7 Å². The molecule has 1 aliphatic heterocycles. The molecule has 132 valence electrons. The van der Waals surface area contributed by atoms with Gasteiger partial charge in [0, 0.05) is 15.8 Å². The monoisotopic (exact) mass is 370 g/mol. The van der Waals surface area contributed by atoms with E-state index in [9.17, 15) is 14.0 Å². The Hall–Kier alpha value is -2.93. The summed E-state index contributed by atoms with van der Waals surface area (Å²) in [5.74, 6) is -0.343. The van der Waals surface area contributed by atoms with Crippen molar-refractivity contribution in [2.24, 2.45) is 0 Å². The van der Waals surface area contributed by atoms with E-state index < -0.39 is 6.10 Å². The molecule has 0 radical (unpaired) electrons. The van der Waals surface area contributed by atoms with Crippen molar-refractivity contribution in [2.75, 3.05) is 10.6 Å². The molecule has 0 fully saturated rings. The predicted molar refractivity (Wildman–Crippen MR) is 99.6 cm³/mol. The van der Waals surface area contributed by atoms with Crippen LogP contribution in [0, 0.1) is 12.7 Å². The third-order valence-electron chi connectivity index (χ3n) is 4.28. The molecule has 0 unspecified atom stereocenters. The largest absolute Gasteiger partial charge is 0.479 e. The predicted octanol–water partition coefficient (Wildman–Crippen LogP) is 4.32. The van der Waals surface area contributed by atoms with Gasteiger partial charge in [-0.3, -0.25) is 9.59 Å². The van der Waals surface area contributed by atoms with Gasteiger partial charge in [0.2, 0.25) is 0 Å². The van der Waals surface area contributed by atoms with Crippen molar-refractivity contribution in [3.8, 4) is 5.75 Å². The van der Waals surface area contributed by atoms with Gasteiger partial charge >= 0.3 is 0 Å². The van der Waals surface area contributed by atoms with Crippen LogP contribution in [-0.2, 0) is 4.79 Å². The number of benzene rings is 2. The third kappa shape index (κ3) is 2.70. The number of carbonyl (C=O) groups is 2. The zero-order valence-corrected chi connectivity index (χ0v) is 14.9. The molecule has 7 heteroatoms. The highest BCUT2D eigenvalue weighted by molar-refractivity contribution is 7.21. The Morgan fingerprint density at radius 3 is 2.88 bits per heavy atom. The standard InChI is InChI=1S/C19H15FN2O3S/c1-9-16-12(20)4-3-5-15(16)26-17(9)19(24)21-11-6-7-14-13(8-11)22-18(23)10(2)25-14/h3-8,10H,1-2H3,(H,21,24)(H,22,23)/t10-/m0/s1. The van der Waals surface area contributed by atoms with Crippen molar-refractivity contribution in [1.29, 1.82) is 0 Å². The number of aryl methyl sites for hydroxylation is 1. The summed E-state index contributed by atoms with van der Waals surface area (Å²) < 4.78 is 20.3. The van der Waals surface area contributed by atoms with Gasteiger partial charge in [-0.2, -0.15) is 0 Å². The Bertz CT molecular complexity index is 1060. The first-order valence-corrected chi connectivity index (χ1v) is 8.86. The summed E-state index contributed by atoms with van der Waals surface area (Å²) in [5.41, 5.74) is 1.64. The fourth-order valence-corrected chi connectivity index (χ4v) is 4.06. The van der Waals surface area contributed by atoms with Gasteiger partial charge in [0.1, 0.15) is 11.6 Å². The van der Waals surface area contributed by atoms with E-state index in [2.05, 4.69) is 10.6 Å². The minimum absolute atomic E-state index is 0.239. The number of nitrogens with one attached hydrogen (secondary N) is 2. The van der Waals surface area contributed by atoms with Crippen LogP contribution in [-0.4, -0.2) is 17.9 Å². The minimum Gasteiger partial charge on any atom is -0.479 e. The number of rotatable bonds is 2. The SMILES string of the molecule is Cc1c(C(=O)Nc2ccc3c(c2)NC(=O)[C@H](C)O3)sc2cccc(F)c12. The Balaban J connectivity index is 1.63. The quantitative estimate of drug-likeness (QED) is 0.706. The number of carbonyl (C=O) groups excluding carboxylic acids is 2. The summed E-state index contributed by atoms with van der Waals surface area (Å²) in [6.45, 7) is 3.40. The summed E-state index contributed by atoms with van der Waals surface area (Å²) >= 11 is 1.25. The molecule has 2 amide bonds. The van der Waals surface area contributed by atoms with Gasteiger partial charge in [0.05, 0.1) is 10.6 Å². The lowest BCUT2D eigenvalue weighted by molar-refractivity contribution is -0.122. The second-order valence-corrected chi connectivity index (χ2v) is 7.14. The Morgan fingerprint density at radius 1 is 1.31 bits per heavy atom. The number of fused-ring (bicyclic) bond motifs is 2. The highest BCUT2D eigenvalue weighted by Gasteiger charge is 2.24. The second-order valence-electron chi connectivity index (χ2n) is 6.08. The van der Waals surface area contributed by atoms with E-state index in [4.69, 9.17) is 4.74 Å². The molecule has 1 aromatic heterocycles. The Labute approximate surface area is 152 Å². The van der Waals surface area contributed by atoms with Gasteiger partial charge in [0.15, 0.2) is 6.10 Å². The molecule has 26 heavy (non-hydrogen) atoms. The maximum Gasteiger partial charge on any atom is 0.266 e. The van der Waals surface area contributed by atoms with Crippen molar-refractivity contribution in [2.45, 2.75) is 20.0 Å². The highest BCUT2D eigenvalue weighted by atomic mass is 32.1. The van der Waals surface area contributed by atoms with Crippen LogP contribution in [0.4, 0.5) is 15.8 Å². The molecule has 2 aromatic carbocycles. The average Bonchev–Trinajstić information content (AvgIpc) is 2.94. The molecule has 3 aromatic rings. The highest BCUT2D eigenvalue weighted by Crippen LogP contribution is 2.35. The van der Waals surface area contributed by atoms with Crippen LogP contribution in [0.5, 0.6) is 5.75 Å². The number of amides is 2. The lowest BCUT2D eigenvalue weighted by atomic mass is 10.1. The van der Waals surface area contributed by atoms with E-state index in [0.29, 0.717) is 33.0 Å². The fourth-order valence-electron chi connectivity index (χ4n) is 2.94. The number of thiophene rings is 1. The van der Waals surface area contributed by atoms with Crippen molar-refractivity contribution >= 4 is 44.6 Å². The molecule has 0 bridgehead atoms. The normalized spacial score (nSPS) is 16.0. The first-order chi connectivity index (χ1) is 12.4. The minimum atomic E-state index is -0.556. The number of anilines is 2. The Morgan fingerprint density at radius 2 is 2.12 bits per heavy atom. The van der Waals surface area contributed by atoms with Gasteiger partial charge in [-0.15, -0.1) is 11.3 Å².